The second-order valence-corrected chi connectivity index (χ2v) is 4.71. The lowest BCUT2D eigenvalue weighted by Gasteiger charge is -2.38. The van der Waals surface area contributed by atoms with E-state index < -0.39 is 44.5 Å². The van der Waals surface area contributed by atoms with Crippen molar-refractivity contribution in [2.45, 2.75) is 30.7 Å². The Morgan fingerprint density at radius 1 is 1.17 bits per heavy atom. The molecule has 11 heteroatoms. The van der Waals surface area contributed by atoms with Crippen molar-refractivity contribution in [3.63, 3.8) is 0 Å². The predicted octanol–water partition coefficient (Wildman–Crippen LogP) is -2.92. The highest BCUT2D eigenvalue weighted by Crippen LogP contribution is 2.40. The summed E-state index contributed by atoms with van der Waals surface area (Å²) in [6, 6.07) is 0. The molecule has 5 N–H and O–H groups in total. The predicted molar refractivity (Wildman–Crippen MR) is 51.8 cm³/mol. The zero-order valence-electron chi connectivity index (χ0n) is 9.11. The quantitative estimate of drug-likeness (QED) is 0.268. The van der Waals surface area contributed by atoms with E-state index >= 15 is 0 Å². The molecule has 0 aliphatic carbocycles. The minimum atomic E-state index is -5.01. The maximum Gasteiger partial charge on any atom is 0.472 e. The van der Waals surface area contributed by atoms with Gasteiger partial charge in [0.1, 0.15) is 18.3 Å². The minimum absolute atomic E-state index is 0.981. The van der Waals surface area contributed by atoms with E-state index in [0.717, 1.165) is 7.11 Å². The number of ether oxygens (including phenoxy) is 2. The first kappa shape index (κ1) is 15.5. The lowest BCUT2D eigenvalue weighted by Crippen LogP contribution is -2.60. The van der Waals surface area contributed by atoms with Gasteiger partial charge in [0.05, 0.1) is 7.11 Å². The molecule has 0 amide bonds. The zero-order valence-corrected chi connectivity index (χ0v) is 10.0. The fourth-order valence-corrected chi connectivity index (χ4v) is 1.83. The van der Waals surface area contributed by atoms with Crippen LogP contribution < -0.4 is 0 Å². The van der Waals surface area contributed by atoms with Crippen LogP contribution in [-0.2, 0) is 23.4 Å². The summed E-state index contributed by atoms with van der Waals surface area (Å²) in [5, 5.41) is 28.2. The summed E-state index contributed by atoms with van der Waals surface area (Å²) in [7, 11) is -4.03. The average Bonchev–Trinajstić information content (AvgIpc) is 2.27. The molecule has 1 saturated heterocycles. The summed E-state index contributed by atoms with van der Waals surface area (Å²) >= 11 is 0. The van der Waals surface area contributed by atoms with Gasteiger partial charge in [-0.15, -0.1) is 0 Å². The Morgan fingerprint density at radius 3 is 2.17 bits per heavy atom. The molecule has 0 saturated carbocycles. The van der Waals surface area contributed by atoms with Crippen LogP contribution in [0.3, 0.4) is 0 Å². The molecule has 0 bridgehead atoms. The van der Waals surface area contributed by atoms with Gasteiger partial charge in [-0.2, -0.15) is 0 Å². The molecule has 1 aliphatic rings. The summed E-state index contributed by atoms with van der Waals surface area (Å²) < 4.78 is 23.6. The summed E-state index contributed by atoms with van der Waals surface area (Å²) in [6.45, 7) is 0. The second-order valence-electron chi connectivity index (χ2n) is 3.52. The Balaban J connectivity index is 2.87. The number of rotatable bonds is 3. The molecule has 0 aromatic rings. The topological polar surface area (TPSA) is 163 Å². The van der Waals surface area contributed by atoms with E-state index in [2.05, 4.69) is 14.0 Å². The highest BCUT2D eigenvalue weighted by Gasteiger charge is 2.49. The van der Waals surface area contributed by atoms with Crippen LogP contribution in [0.4, 0.5) is 0 Å². The van der Waals surface area contributed by atoms with Crippen molar-refractivity contribution in [3.05, 3.63) is 0 Å². The van der Waals surface area contributed by atoms with Crippen molar-refractivity contribution in [3.8, 4) is 0 Å². The molecule has 0 spiro atoms. The van der Waals surface area contributed by atoms with Crippen LogP contribution in [0.25, 0.3) is 0 Å². The minimum Gasteiger partial charge on any atom is -0.467 e. The highest BCUT2D eigenvalue weighted by atomic mass is 31.2. The third-order valence-electron chi connectivity index (χ3n) is 2.24. The van der Waals surface area contributed by atoms with E-state index in [1.54, 1.807) is 0 Å². The van der Waals surface area contributed by atoms with E-state index in [-0.39, 0.29) is 0 Å². The summed E-state index contributed by atoms with van der Waals surface area (Å²) in [5.74, 6) is -1.09. The van der Waals surface area contributed by atoms with Crippen molar-refractivity contribution >= 4 is 13.8 Å². The molecule has 10 nitrogen and oxygen atoms in total. The number of carbonyl (C=O) groups excluding carboxylic acids is 1. The molecule has 18 heavy (non-hydrogen) atoms. The van der Waals surface area contributed by atoms with Gasteiger partial charge in [-0.25, -0.2) is 9.36 Å². The van der Waals surface area contributed by atoms with Crippen LogP contribution in [0.5, 0.6) is 0 Å². The molecule has 1 heterocycles. The molecule has 5 atom stereocenters. The number of aliphatic hydroxyl groups is 3. The molecular weight excluding hydrogens is 275 g/mol. The van der Waals surface area contributed by atoms with Gasteiger partial charge < -0.3 is 34.6 Å². The van der Waals surface area contributed by atoms with E-state index in [9.17, 15) is 24.7 Å². The second kappa shape index (κ2) is 5.59. The monoisotopic (exact) mass is 288 g/mol. The van der Waals surface area contributed by atoms with E-state index in [1.807, 2.05) is 0 Å². The Morgan fingerprint density at radius 2 is 1.72 bits per heavy atom. The molecule has 1 rings (SSSR count). The van der Waals surface area contributed by atoms with Crippen LogP contribution in [0, 0.1) is 0 Å². The zero-order chi connectivity index (χ0) is 14.1. The molecule has 0 aromatic carbocycles. The Bertz CT molecular complexity index is 352. The molecule has 1 fully saturated rings. The smallest absolute Gasteiger partial charge is 0.467 e. The highest BCUT2D eigenvalue weighted by molar-refractivity contribution is 7.46. The number of phosphoric acid groups is 1. The molecule has 0 radical (unpaired) electrons. The molecule has 0 aromatic heterocycles. The number of hydrogen-bond donors (Lipinski definition) is 5. The third-order valence-corrected chi connectivity index (χ3v) is 2.73. The van der Waals surface area contributed by atoms with Crippen molar-refractivity contribution in [1.29, 1.82) is 0 Å². The van der Waals surface area contributed by atoms with Gasteiger partial charge in [0.25, 0.3) is 0 Å². The Kier molecular flexibility index (Phi) is 4.81. The SMILES string of the molecule is COC(=O)[C@@H]1O[C@H](OP(=O)(O)O)[C@H](O)[C@@H](O)[C@@H]1O. The van der Waals surface area contributed by atoms with Gasteiger partial charge in [0.15, 0.2) is 12.4 Å². The summed E-state index contributed by atoms with van der Waals surface area (Å²) in [4.78, 5) is 28.3. The molecule has 0 unspecified atom stereocenters. The van der Waals surface area contributed by atoms with Gasteiger partial charge in [-0.3, -0.25) is 4.52 Å². The maximum atomic E-state index is 11.2. The van der Waals surface area contributed by atoms with Gasteiger partial charge in [0.2, 0.25) is 0 Å². The number of carbonyl (C=O) groups is 1. The van der Waals surface area contributed by atoms with E-state index in [4.69, 9.17) is 9.79 Å². The number of esters is 1. The van der Waals surface area contributed by atoms with Crippen molar-refractivity contribution < 1.29 is 48.5 Å². The number of aliphatic hydroxyl groups excluding tert-OH is 3. The third kappa shape index (κ3) is 3.46. The fourth-order valence-electron chi connectivity index (χ4n) is 1.38. The summed E-state index contributed by atoms with van der Waals surface area (Å²) in [6.07, 6.45) is -9.35. The van der Waals surface area contributed by atoms with E-state index in [0.29, 0.717) is 0 Å². The Hall–Kier alpha value is -0.580. The lowest BCUT2D eigenvalue weighted by atomic mass is 9.99. The van der Waals surface area contributed by atoms with Crippen LogP contribution in [0.15, 0.2) is 0 Å². The first-order chi connectivity index (χ1) is 8.17. The maximum absolute atomic E-state index is 11.2. The van der Waals surface area contributed by atoms with Crippen LogP contribution in [0.2, 0.25) is 0 Å². The van der Waals surface area contributed by atoms with Gasteiger partial charge in [0, 0.05) is 0 Å². The van der Waals surface area contributed by atoms with Crippen LogP contribution in [0.1, 0.15) is 0 Å². The first-order valence-electron chi connectivity index (χ1n) is 4.69. The van der Waals surface area contributed by atoms with Gasteiger partial charge in [-0.05, 0) is 0 Å². The van der Waals surface area contributed by atoms with Crippen molar-refractivity contribution in [2.24, 2.45) is 0 Å². The Labute approximate surface area is 101 Å². The lowest BCUT2D eigenvalue weighted by molar-refractivity contribution is -0.275. The van der Waals surface area contributed by atoms with Crippen molar-refractivity contribution in [2.75, 3.05) is 7.11 Å². The van der Waals surface area contributed by atoms with Gasteiger partial charge in [-0.1, -0.05) is 0 Å². The largest absolute Gasteiger partial charge is 0.472 e. The van der Waals surface area contributed by atoms with Gasteiger partial charge >= 0.3 is 13.8 Å². The standard InChI is InChI=1S/C7H13O10P/c1-15-6(11)5-3(9)2(8)4(10)7(16-5)17-18(12,13)14/h2-5,7-10H,1H3,(H2,12,13,14)/t2-,3-,4+,5+,7+/m0/s1. The first-order valence-corrected chi connectivity index (χ1v) is 6.22. The van der Waals surface area contributed by atoms with Crippen molar-refractivity contribution in [1.82, 2.24) is 0 Å². The fraction of sp³-hybridized carbons (Fsp3) is 0.857. The number of methoxy groups -OCH3 is 1. The summed E-state index contributed by atoms with van der Waals surface area (Å²) in [5.41, 5.74) is 0. The van der Waals surface area contributed by atoms with Crippen LogP contribution in [-0.4, -0.2) is 68.9 Å². The number of phosphoric ester groups is 1. The number of hydrogen-bond acceptors (Lipinski definition) is 8. The molecular formula is C7H13O10P. The van der Waals surface area contributed by atoms with E-state index in [1.165, 1.54) is 0 Å². The normalized spacial score (nSPS) is 37.3. The average molecular weight is 288 g/mol. The van der Waals surface area contributed by atoms with Crippen LogP contribution >= 0.6 is 7.82 Å². The molecule has 106 valence electrons. The molecule has 1 aliphatic heterocycles.